The molecule has 1 aromatic carbocycles. The fourth-order valence-electron chi connectivity index (χ4n) is 0.951. The lowest BCUT2D eigenvalue weighted by Gasteiger charge is -2.04. The maximum Gasteiger partial charge on any atom is 0.153 e. The van der Waals surface area contributed by atoms with Gasteiger partial charge in [-0.15, -0.1) is 6.42 Å². The van der Waals surface area contributed by atoms with Crippen LogP contribution in [-0.4, -0.2) is 13.4 Å². The molecule has 0 fully saturated rings. The highest BCUT2D eigenvalue weighted by Gasteiger charge is 2.07. The second kappa shape index (κ2) is 3.72. The summed E-state index contributed by atoms with van der Waals surface area (Å²) in [5, 5.41) is 0. The lowest BCUT2D eigenvalue weighted by molar-refractivity contribution is 0.112. The first kappa shape index (κ1) is 9.27. The molecular weight excluding hydrogens is 171 g/mol. The maximum atomic E-state index is 13.0. The third-order valence-electron chi connectivity index (χ3n) is 1.60. The van der Waals surface area contributed by atoms with Gasteiger partial charge in [-0.05, 0) is 6.07 Å². The van der Waals surface area contributed by atoms with Crippen LogP contribution in [0.5, 0.6) is 5.75 Å². The predicted molar refractivity (Wildman–Crippen MR) is 46.3 cm³/mol. The van der Waals surface area contributed by atoms with Crippen molar-refractivity contribution in [3.8, 4) is 18.1 Å². The molecule has 66 valence electrons. The molecule has 0 atom stereocenters. The number of benzene rings is 1. The van der Waals surface area contributed by atoms with Crippen LogP contribution >= 0.6 is 0 Å². The summed E-state index contributed by atoms with van der Waals surface area (Å²) in [6.07, 6.45) is 5.59. The largest absolute Gasteiger partial charge is 0.496 e. The van der Waals surface area contributed by atoms with E-state index in [2.05, 4.69) is 5.92 Å². The molecule has 0 amide bonds. The zero-order valence-electron chi connectivity index (χ0n) is 7.00. The van der Waals surface area contributed by atoms with Crippen LogP contribution in [0.15, 0.2) is 12.1 Å². The highest BCUT2D eigenvalue weighted by atomic mass is 19.1. The zero-order valence-corrected chi connectivity index (χ0v) is 7.00. The van der Waals surface area contributed by atoms with Crippen LogP contribution in [-0.2, 0) is 0 Å². The number of carbonyl (C=O) groups is 1. The van der Waals surface area contributed by atoms with Crippen molar-refractivity contribution in [3.63, 3.8) is 0 Å². The van der Waals surface area contributed by atoms with Gasteiger partial charge in [-0.1, -0.05) is 5.92 Å². The van der Waals surface area contributed by atoms with Gasteiger partial charge in [-0.25, -0.2) is 4.39 Å². The van der Waals surface area contributed by atoms with Crippen LogP contribution < -0.4 is 4.74 Å². The minimum Gasteiger partial charge on any atom is -0.496 e. The fourth-order valence-corrected chi connectivity index (χ4v) is 0.951. The van der Waals surface area contributed by atoms with Crippen LogP contribution in [0, 0.1) is 18.2 Å². The number of rotatable bonds is 2. The Labute approximate surface area is 75.3 Å². The number of aldehydes is 1. The van der Waals surface area contributed by atoms with Crippen molar-refractivity contribution in [2.24, 2.45) is 0 Å². The van der Waals surface area contributed by atoms with Gasteiger partial charge in [0, 0.05) is 6.07 Å². The first-order valence-corrected chi connectivity index (χ1v) is 3.52. The average molecular weight is 178 g/mol. The number of halogens is 1. The van der Waals surface area contributed by atoms with E-state index in [9.17, 15) is 9.18 Å². The van der Waals surface area contributed by atoms with Crippen molar-refractivity contribution in [2.45, 2.75) is 0 Å². The van der Waals surface area contributed by atoms with Crippen molar-refractivity contribution < 1.29 is 13.9 Å². The Bertz CT molecular complexity index is 377. The molecule has 0 saturated carbocycles. The van der Waals surface area contributed by atoms with Crippen molar-refractivity contribution in [1.29, 1.82) is 0 Å². The second-order valence-corrected chi connectivity index (χ2v) is 2.34. The molecule has 0 unspecified atom stereocenters. The van der Waals surface area contributed by atoms with Gasteiger partial charge in [0.05, 0.1) is 18.2 Å². The van der Waals surface area contributed by atoms with Gasteiger partial charge in [0.2, 0.25) is 0 Å². The first-order valence-electron chi connectivity index (χ1n) is 3.52. The van der Waals surface area contributed by atoms with Gasteiger partial charge < -0.3 is 4.74 Å². The maximum absolute atomic E-state index is 13.0. The molecule has 0 saturated heterocycles. The number of methoxy groups -OCH3 is 1. The van der Waals surface area contributed by atoms with Crippen LogP contribution in [0.1, 0.15) is 15.9 Å². The van der Waals surface area contributed by atoms with E-state index < -0.39 is 5.82 Å². The van der Waals surface area contributed by atoms with E-state index >= 15 is 0 Å². The lowest BCUT2D eigenvalue weighted by Crippen LogP contribution is -1.94. The normalized spacial score (nSPS) is 9.00. The van der Waals surface area contributed by atoms with Crippen LogP contribution in [0.2, 0.25) is 0 Å². The minimum absolute atomic E-state index is 0.0582. The average Bonchev–Trinajstić information content (AvgIpc) is 2.17. The highest BCUT2D eigenvalue weighted by Crippen LogP contribution is 2.20. The standard InChI is InChI=1S/C10H7FO2/c1-3-7-4-8(6-12)10(13-2)5-9(7)11/h1,4-6H,2H3. The molecule has 3 heteroatoms. The Kier molecular flexibility index (Phi) is 2.65. The molecule has 13 heavy (non-hydrogen) atoms. The highest BCUT2D eigenvalue weighted by molar-refractivity contribution is 5.80. The molecule has 0 aliphatic heterocycles. The summed E-state index contributed by atoms with van der Waals surface area (Å²) in [4.78, 5) is 10.5. The smallest absolute Gasteiger partial charge is 0.153 e. The van der Waals surface area contributed by atoms with Crippen molar-refractivity contribution in [2.75, 3.05) is 7.11 Å². The summed E-state index contributed by atoms with van der Waals surface area (Å²) in [5.41, 5.74) is 0.305. The molecule has 0 spiro atoms. The van der Waals surface area contributed by atoms with Gasteiger partial charge in [0.15, 0.2) is 6.29 Å². The van der Waals surface area contributed by atoms with Crippen LogP contribution in [0.25, 0.3) is 0 Å². The predicted octanol–water partition coefficient (Wildman–Crippen LogP) is 1.63. The molecule has 0 heterocycles. The van der Waals surface area contributed by atoms with E-state index in [4.69, 9.17) is 11.2 Å². The number of terminal acetylenes is 1. The third-order valence-corrected chi connectivity index (χ3v) is 1.60. The Morgan fingerprint density at radius 2 is 2.31 bits per heavy atom. The molecule has 1 aromatic rings. The zero-order chi connectivity index (χ0) is 9.84. The Morgan fingerprint density at radius 1 is 1.62 bits per heavy atom. The van der Waals surface area contributed by atoms with Crippen LogP contribution in [0.4, 0.5) is 4.39 Å². The Morgan fingerprint density at radius 3 is 2.77 bits per heavy atom. The summed E-state index contributed by atoms with van der Waals surface area (Å²) in [6.45, 7) is 0. The Balaban J connectivity index is 3.36. The van der Waals surface area contributed by atoms with Crippen molar-refractivity contribution in [3.05, 3.63) is 29.1 Å². The van der Waals surface area contributed by atoms with E-state index in [1.165, 1.54) is 13.2 Å². The van der Waals surface area contributed by atoms with Gasteiger partial charge in [-0.3, -0.25) is 4.79 Å². The summed E-state index contributed by atoms with van der Waals surface area (Å²) in [5.74, 6) is 1.75. The van der Waals surface area contributed by atoms with E-state index in [-0.39, 0.29) is 16.9 Å². The fraction of sp³-hybridized carbons (Fsp3) is 0.100. The topological polar surface area (TPSA) is 26.3 Å². The van der Waals surface area contributed by atoms with Crippen molar-refractivity contribution in [1.82, 2.24) is 0 Å². The van der Waals surface area contributed by atoms with Gasteiger partial charge in [0.1, 0.15) is 11.6 Å². The SMILES string of the molecule is C#Cc1cc(C=O)c(OC)cc1F. The molecule has 0 bridgehead atoms. The van der Waals surface area contributed by atoms with Gasteiger partial charge in [-0.2, -0.15) is 0 Å². The van der Waals surface area contributed by atoms with Gasteiger partial charge >= 0.3 is 0 Å². The van der Waals surface area contributed by atoms with Crippen LogP contribution in [0.3, 0.4) is 0 Å². The van der Waals surface area contributed by atoms with Crippen molar-refractivity contribution >= 4 is 6.29 Å². The molecular formula is C10H7FO2. The molecule has 0 N–H and O–H groups in total. The molecule has 1 rings (SSSR count). The summed E-state index contributed by atoms with van der Waals surface area (Å²) >= 11 is 0. The van der Waals surface area contributed by atoms with E-state index in [0.717, 1.165) is 6.07 Å². The van der Waals surface area contributed by atoms with E-state index in [1.807, 2.05) is 0 Å². The van der Waals surface area contributed by atoms with E-state index in [1.54, 1.807) is 0 Å². The molecule has 2 nitrogen and oxygen atoms in total. The van der Waals surface area contributed by atoms with Gasteiger partial charge in [0.25, 0.3) is 0 Å². The lowest BCUT2D eigenvalue weighted by atomic mass is 10.1. The second-order valence-electron chi connectivity index (χ2n) is 2.34. The minimum atomic E-state index is -0.565. The molecule has 0 aliphatic rings. The summed E-state index contributed by atoms with van der Waals surface area (Å²) in [7, 11) is 1.36. The monoisotopic (exact) mass is 178 g/mol. The number of carbonyl (C=O) groups excluding carboxylic acids is 1. The first-order chi connectivity index (χ1) is 6.22. The number of hydrogen-bond donors (Lipinski definition) is 0. The Hall–Kier alpha value is -1.82. The number of hydrogen-bond acceptors (Lipinski definition) is 2. The summed E-state index contributed by atoms with van der Waals surface area (Å²) < 4.78 is 17.8. The van der Waals surface area contributed by atoms with E-state index in [0.29, 0.717) is 6.29 Å². The molecule has 0 aliphatic carbocycles. The molecule has 0 aromatic heterocycles. The summed E-state index contributed by atoms with van der Waals surface area (Å²) in [6, 6.07) is 2.38. The number of ether oxygens (including phenoxy) is 1. The quantitative estimate of drug-likeness (QED) is 0.508. The third kappa shape index (κ3) is 1.67. The molecule has 0 radical (unpaired) electrons.